The van der Waals surface area contributed by atoms with E-state index in [0.29, 0.717) is 6.42 Å². The van der Waals surface area contributed by atoms with Crippen molar-refractivity contribution in [1.29, 1.82) is 0 Å². The Morgan fingerprint density at radius 2 is 2.06 bits per heavy atom. The first kappa shape index (κ1) is 14.4. The molecule has 0 aromatic carbocycles. The van der Waals surface area contributed by atoms with Gasteiger partial charge in [0.15, 0.2) is 0 Å². The number of rotatable bonds is 7. The highest BCUT2D eigenvalue weighted by Crippen LogP contribution is 2.06. The number of hydrogen-bond donors (Lipinski definition) is 2. The van der Waals surface area contributed by atoms with Crippen LogP contribution in [0.15, 0.2) is 24.3 Å². The zero-order valence-electron chi connectivity index (χ0n) is 9.82. The molecule has 4 heteroatoms. The minimum Gasteiger partial charge on any atom is -0.481 e. The number of carboxylic acid groups (broad SMARTS) is 1. The maximum atomic E-state index is 11.4. The highest BCUT2D eigenvalue weighted by Gasteiger charge is 2.05. The van der Waals surface area contributed by atoms with Crippen LogP contribution in [0.1, 0.15) is 33.1 Å². The Bertz CT molecular complexity index is 293. The Kier molecular flexibility index (Phi) is 6.92. The Morgan fingerprint density at radius 1 is 1.44 bits per heavy atom. The van der Waals surface area contributed by atoms with Crippen molar-refractivity contribution < 1.29 is 14.7 Å². The van der Waals surface area contributed by atoms with E-state index in [1.54, 1.807) is 12.2 Å². The second-order valence-electron chi connectivity index (χ2n) is 3.81. The van der Waals surface area contributed by atoms with E-state index in [4.69, 9.17) is 5.11 Å². The second kappa shape index (κ2) is 7.68. The number of hydrogen-bond acceptors (Lipinski definition) is 2. The molecule has 0 saturated heterocycles. The molecule has 90 valence electrons. The molecule has 0 atom stereocenters. The predicted octanol–water partition coefficient (Wildman–Crippen LogP) is 1.88. The summed E-state index contributed by atoms with van der Waals surface area (Å²) in [6.45, 7) is 7.37. The van der Waals surface area contributed by atoms with Crippen LogP contribution in [0.25, 0.3) is 0 Å². The lowest BCUT2D eigenvalue weighted by Gasteiger charge is -2.08. The molecule has 0 aliphatic rings. The van der Waals surface area contributed by atoms with E-state index in [0.717, 1.165) is 5.57 Å². The molecule has 0 heterocycles. The molecule has 0 aliphatic heterocycles. The molecule has 0 aliphatic carbocycles. The van der Waals surface area contributed by atoms with Crippen molar-refractivity contribution in [2.24, 2.45) is 0 Å². The van der Waals surface area contributed by atoms with Gasteiger partial charge in [0.1, 0.15) is 0 Å². The van der Waals surface area contributed by atoms with Crippen LogP contribution in [0, 0.1) is 0 Å². The molecule has 0 spiro atoms. The van der Waals surface area contributed by atoms with Gasteiger partial charge in [0.25, 0.3) is 0 Å². The summed E-state index contributed by atoms with van der Waals surface area (Å²) < 4.78 is 0. The molecule has 0 aromatic heterocycles. The number of aliphatic carboxylic acids is 1. The molecule has 0 fully saturated rings. The van der Waals surface area contributed by atoms with Crippen LogP contribution in [0.2, 0.25) is 0 Å². The molecular formula is C12H19NO3. The van der Waals surface area contributed by atoms with Crippen molar-refractivity contribution >= 4 is 11.9 Å². The number of carbonyl (C=O) groups excluding carboxylic acids is 1. The summed E-state index contributed by atoms with van der Waals surface area (Å²) in [5.74, 6) is -0.914. The van der Waals surface area contributed by atoms with E-state index >= 15 is 0 Å². The van der Waals surface area contributed by atoms with Gasteiger partial charge in [-0.25, -0.2) is 0 Å². The van der Waals surface area contributed by atoms with Crippen LogP contribution in [-0.4, -0.2) is 23.0 Å². The van der Waals surface area contributed by atoms with Gasteiger partial charge in [0.2, 0.25) is 5.91 Å². The fourth-order valence-electron chi connectivity index (χ4n) is 1.17. The van der Waals surface area contributed by atoms with Gasteiger partial charge in [0, 0.05) is 12.5 Å². The average Bonchev–Trinajstić information content (AvgIpc) is 2.14. The van der Waals surface area contributed by atoms with Crippen LogP contribution in [0.4, 0.5) is 0 Å². The summed E-state index contributed by atoms with van der Waals surface area (Å²) >= 11 is 0. The zero-order valence-corrected chi connectivity index (χ0v) is 9.82. The lowest BCUT2D eigenvalue weighted by molar-refractivity contribution is -0.136. The van der Waals surface area contributed by atoms with Crippen LogP contribution >= 0.6 is 0 Å². The molecule has 0 unspecified atom stereocenters. The van der Waals surface area contributed by atoms with Crippen molar-refractivity contribution in [3.05, 3.63) is 24.3 Å². The summed E-state index contributed by atoms with van der Waals surface area (Å²) in [5.41, 5.74) is 0.763. The zero-order chi connectivity index (χ0) is 12.6. The lowest BCUT2D eigenvalue weighted by Crippen LogP contribution is -2.30. The van der Waals surface area contributed by atoms with Crippen LogP contribution in [0.3, 0.4) is 0 Å². The minimum atomic E-state index is -0.841. The number of nitrogens with one attached hydrogen (secondary N) is 1. The van der Waals surface area contributed by atoms with Gasteiger partial charge in [0.05, 0.1) is 6.42 Å². The first-order chi connectivity index (χ1) is 7.45. The quantitative estimate of drug-likeness (QED) is 0.650. The number of amides is 1. The maximum Gasteiger partial charge on any atom is 0.303 e. The van der Waals surface area contributed by atoms with Gasteiger partial charge in [-0.1, -0.05) is 18.7 Å². The number of carboxylic acids is 1. The molecule has 2 N–H and O–H groups in total. The predicted molar refractivity (Wildman–Crippen MR) is 63.0 cm³/mol. The lowest BCUT2D eigenvalue weighted by atomic mass is 10.1. The van der Waals surface area contributed by atoms with Gasteiger partial charge in [-0.2, -0.15) is 0 Å². The molecule has 0 bridgehead atoms. The molecule has 0 rings (SSSR count). The van der Waals surface area contributed by atoms with Crippen molar-refractivity contribution in [1.82, 2.24) is 5.32 Å². The van der Waals surface area contributed by atoms with E-state index in [1.807, 2.05) is 13.8 Å². The summed E-state index contributed by atoms with van der Waals surface area (Å²) in [7, 11) is 0. The standard InChI is InChI=1S/C12H19NO3/c1-4-10(6-5-7-12(15)16)8-11(14)13-9(2)3/h4,6,9H,1,5,7-8H2,2-3H3,(H,13,14)(H,15,16). The smallest absolute Gasteiger partial charge is 0.303 e. The molecule has 16 heavy (non-hydrogen) atoms. The molecule has 1 amide bonds. The number of carbonyl (C=O) groups is 2. The van der Waals surface area contributed by atoms with Crippen LogP contribution < -0.4 is 5.32 Å². The first-order valence-corrected chi connectivity index (χ1v) is 5.28. The normalized spacial score (nSPS) is 11.3. The third-order valence-corrected chi connectivity index (χ3v) is 1.84. The van der Waals surface area contributed by atoms with Gasteiger partial charge < -0.3 is 10.4 Å². The van der Waals surface area contributed by atoms with E-state index in [-0.39, 0.29) is 24.8 Å². The van der Waals surface area contributed by atoms with Crippen molar-refractivity contribution in [2.75, 3.05) is 0 Å². The Hall–Kier alpha value is -1.58. The summed E-state index contributed by atoms with van der Waals surface area (Å²) in [4.78, 5) is 21.7. The second-order valence-corrected chi connectivity index (χ2v) is 3.81. The van der Waals surface area contributed by atoms with E-state index < -0.39 is 5.97 Å². The molecule has 0 saturated carbocycles. The average molecular weight is 225 g/mol. The topological polar surface area (TPSA) is 66.4 Å². The summed E-state index contributed by atoms with van der Waals surface area (Å²) in [5, 5.41) is 11.2. The summed E-state index contributed by atoms with van der Waals surface area (Å²) in [6.07, 6.45) is 4.07. The van der Waals surface area contributed by atoms with Gasteiger partial charge >= 0.3 is 5.97 Å². The highest BCUT2D eigenvalue weighted by molar-refractivity contribution is 5.79. The van der Waals surface area contributed by atoms with Crippen molar-refractivity contribution in [3.8, 4) is 0 Å². The minimum absolute atomic E-state index is 0.0726. The van der Waals surface area contributed by atoms with E-state index in [2.05, 4.69) is 11.9 Å². The Balaban J connectivity index is 4.13. The molecular weight excluding hydrogens is 206 g/mol. The van der Waals surface area contributed by atoms with Gasteiger partial charge in [-0.05, 0) is 25.8 Å². The van der Waals surface area contributed by atoms with Crippen molar-refractivity contribution in [3.63, 3.8) is 0 Å². The third kappa shape index (κ3) is 7.79. The van der Waals surface area contributed by atoms with Gasteiger partial charge in [-0.3, -0.25) is 9.59 Å². The fraction of sp³-hybridized carbons (Fsp3) is 0.500. The fourth-order valence-corrected chi connectivity index (χ4v) is 1.17. The Morgan fingerprint density at radius 3 is 2.50 bits per heavy atom. The maximum absolute atomic E-state index is 11.4. The van der Waals surface area contributed by atoms with E-state index in [1.165, 1.54) is 0 Å². The third-order valence-electron chi connectivity index (χ3n) is 1.84. The molecule has 4 nitrogen and oxygen atoms in total. The SMILES string of the molecule is C=CC(=CCCC(=O)O)CC(=O)NC(C)C. The summed E-state index contributed by atoms with van der Waals surface area (Å²) in [6, 6.07) is 0.109. The molecule has 0 radical (unpaired) electrons. The largest absolute Gasteiger partial charge is 0.481 e. The number of allylic oxidation sites excluding steroid dienone is 2. The van der Waals surface area contributed by atoms with Crippen LogP contribution in [0.5, 0.6) is 0 Å². The highest BCUT2D eigenvalue weighted by atomic mass is 16.4. The van der Waals surface area contributed by atoms with E-state index in [9.17, 15) is 9.59 Å². The van der Waals surface area contributed by atoms with Crippen molar-refractivity contribution in [2.45, 2.75) is 39.2 Å². The first-order valence-electron chi connectivity index (χ1n) is 5.28. The monoisotopic (exact) mass is 225 g/mol. The Labute approximate surface area is 96.0 Å². The van der Waals surface area contributed by atoms with Gasteiger partial charge in [-0.15, -0.1) is 0 Å². The van der Waals surface area contributed by atoms with Crippen LogP contribution in [-0.2, 0) is 9.59 Å². The molecule has 0 aromatic rings.